The molecule has 2 aromatic carbocycles. The molecule has 1 heterocycles. The van der Waals surface area contributed by atoms with Gasteiger partial charge in [-0.3, -0.25) is 4.79 Å². The molecule has 0 radical (unpaired) electrons. The summed E-state index contributed by atoms with van der Waals surface area (Å²) in [4.78, 5) is 11.0. The minimum absolute atomic E-state index is 0.192. The molecule has 1 aliphatic heterocycles. The molecule has 0 unspecified atom stereocenters. The largest absolute Gasteiger partial charge is 0.488 e. The van der Waals surface area contributed by atoms with Gasteiger partial charge in [-0.2, -0.15) is 0 Å². The molecule has 116 valence electrons. The molecule has 1 aliphatic rings. The first-order valence-electron chi connectivity index (χ1n) is 7.61. The number of esters is 1. The minimum atomic E-state index is -0.192. The van der Waals surface area contributed by atoms with Gasteiger partial charge in [-0.1, -0.05) is 51.1 Å². The zero-order valence-corrected chi connectivity index (χ0v) is 13.3. The van der Waals surface area contributed by atoms with Gasteiger partial charge in [0.15, 0.2) is 0 Å². The molecule has 0 aliphatic carbocycles. The molecule has 2 aromatic rings. The van der Waals surface area contributed by atoms with Crippen molar-refractivity contribution in [3.05, 3.63) is 59.7 Å². The van der Waals surface area contributed by atoms with E-state index < -0.39 is 0 Å². The molecule has 3 nitrogen and oxygen atoms in total. The Labute approximate surface area is 131 Å². The molecular weight excluding hydrogens is 276 g/mol. The Kier molecular flexibility index (Phi) is 5.59. The van der Waals surface area contributed by atoms with Crippen molar-refractivity contribution in [2.75, 3.05) is 0 Å². The molecule has 0 fully saturated rings. The number of hydrogen-bond acceptors (Lipinski definition) is 3. The quantitative estimate of drug-likeness (QED) is 0.608. The van der Waals surface area contributed by atoms with Gasteiger partial charge in [0.2, 0.25) is 0 Å². The lowest BCUT2D eigenvalue weighted by atomic mass is 10.0. The van der Waals surface area contributed by atoms with Gasteiger partial charge < -0.3 is 9.47 Å². The highest BCUT2D eigenvalue weighted by Crippen LogP contribution is 2.27. The fourth-order valence-electron chi connectivity index (χ4n) is 1.96. The van der Waals surface area contributed by atoms with E-state index >= 15 is 0 Å². The molecule has 0 amide bonds. The van der Waals surface area contributed by atoms with Crippen LogP contribution in [0.25, 0.3) is 0 Å². The number of ether oxygens (including phenoxy) is 2. The zero-order valence-electron chi connectivity index (χ0n) is 13.3. The van der Waals surface area contributed by atoms with Crippen molar-refractivity contribution >= 4 is 5.97 Å². The third-order valence-corrected chi connectivity index (χ3v) is 3.42. The molecule has 0 aromatic heterocycles. The highest BCUT2D eigenvalue weighted by Gasteiger charge is 2.10. The fourth-order valence-corrected chi connectivity index (χ4v) is 1.96. The van der Waals surface area contributed by atoms with Crippen LogP contribution in [-0.4, -0.2) is 5.97 Å². The van der Waals surface area contributed by atoms with Gasteiger partial charge in [-0.25, -0.2) is 0 Å². The van der Waals surface area contributed by atoms with Gasteiger partial charge in [0.1, 0.15) is 18.1 Å². The van der Waals surface area contributed by atoms with E-state index in [1.165, 1.54) is 11.1 Å². The van der Waals surface area contributed by atoms with E-state index in [-0.39, 0.29) is 5.97 Å². The summed E-state index contributed by atoms with van der Waals surface area (Å²) in [6.07, 6.45) is 0.409. The van der Waals surface area contributed by atoms with Gasteiger partial charge >= 0.3 is 5.97 Å². The lowest BCUT2D eigenvalue weighted by molar-refractivity contribution is -0.134. The summed E-state index contributed by atoms with van der Waals surface area (Å²) in [5.74, 6) is 1.99. The third-order valence-electron chi connectivity index (χ3n) is 3.42. The predicted molar refractivity (Wildman–Crippen MR) is 87.2 cm³/mol. The van der Waals surface area contributed by atoms with Crippen molar-refractivity contribution < 1.29 is 14.3 Å². The lowest BCUT2D eigenvalue weighted by Gasteiger charge is -2.18. The summed E-state index contributed by atoms with van der Waals surface area (Å²) in [6, 6.07) is 15.7. The second kappa shape index (κ2) is 7.64. The smallest absolute Gasteiger partial charge is 0.310 e. The average molecular weight is 298 g/mol. The molecular formula is C19H22O3. The van der Waals surface area contributed by atoms with Gasteiger partial charge in [-0.15, -0.1) is 0 Å². The molecule has 0 saturated heterocycles. The molecule has 3 rings (SSSR count). The molecule has 3 heteroatoms. The summed E-state index contributed by atoms with van der Waals surface area (Å²) < 4.78 is 10.1. The van der Waals surface area contributed by atoms with Gasteiger partial charge in [0, 0.05) is 12.0 Å². The Morgan fingerprint density at radius 3 is 2.23 bits per heavy atom. The normalized spacial score (nSPS) is 11.5. The van der Waals surface area contributed by atoms with Gasteiger partial charge in [0.05, 0.1) is 0 Å². The zero-order chi connectivity index (χ0) is 15.9. The Morgan fingerprint density at radius 2 is 1.82 bits per heavy atom. The number of rotatable bonds is 3. The van der Waals surface area contributed by atoms with Crippen molar-refractivity contribution in [2.45, 2.75) is 39.7 Å². The van der Waals surface area contributed by atoms with Crippen LogP contribution in [0.4, 0.5) is 0 Å². The standard InChI is InChI=1S/C12H16O2.C7H6O/c1-4-12(13)14-11-7-5-10(6-8-11)9(2)3;1-2-4-7-6(3-1)5-8-7/h5-9H,4H2,1-3H3;1-4H,5H2. The van der Waals surface area contributed by atoms with Gasteiger partial charge in [-0.05, 0) is 29.7 Å². The van der Waals surface area contributed by atoms with Crippen molar-refractivity contribution in [1.82, 2.24) is 0 Å². The molecule has 22 heavy (non-hydrogen) atoms. The maximum absolute atomic E-state index is 11.0. The Bertz CT molecular complexity index is 592. The topological polar surface area (TPSA) is 35.5 Å². The van der Waals surface area contributed by atoms with E-state index in [2.05, 4.69) is 19.9 Å². The Balaban J connectivity index is 0.000000183. The first-order valence-corrected chi connectivity index (χ1v) is 7.61. The second-order valence-corrected chi connectivity index (χ2v) is 5.45. The molecule has 0 N–H and O–H groups in total. The summed E-state index contributed by atoms with van der Waals surface area (Å²) >= 11 is 0. The maximum atomic E-state index is 11.0. The summed E-state index contributed by atoms with van der Waals surface area (Å²) in [7, 11) is 0. The van der Waals surface area contributed by atoms with Crippen molar-refractivity contribution in [3.8, 4) is 11.5 Å². The van der Waals surface area contributed by atoms with Crippen LogP contribution >= 0.6 is 0 Å². The van der Waals surface area contributed by atoms with Crippen LogP contribution in [0.2, 0.25) is 0 Å². The molecule has 0 atom stereocenters. The van der Waals surface area contributed by atoms with E-state index in [1.54, 1.807) is 6.92 Å². The van der Waals surface area contributed by atoms with Crippen LogP contribution in [0.5, 0.6) is 11.5 Å². The summed E-state index contributed by atoms with van der Waals surface area (Å²) in [5, 5.41) is 0. The van der Waals surface area contributed by atoms with Crippen LogP contribution in [0.3, 0.4) is 0 Å². The number of fused-ring (bicyclic) bond motifs is 1. The van der Waals surface area contributed by atoms with E-state index in [1.807, 2.05) is 42.5 Å². The lowest BCUT2D eigenvalue weighted by Crippen LogP contribution is -2.07. The average Bonchev–Trinajstić information content (AvgIpc) is 2.50. The van der Waals surface area contributed by atoms with Crippen LogP contribution in [0.1, 0.15) is 44.2 Å². The summed E-state index contributed by atoms with van der Waals surface area (Å²) in [6.45, 7) is 6.85. The van der Waals surface area contributed by atoms with Crippen molar-refractivity contribution in [2.24, 2.45) is 0 Å². The highest BCUT2D eigenvalue weighted by molar-refractivity contribution is 5.71. The van der Waals surface area contributed by atoms with E-state index in [0.717, 1.165) is 12.4 Å². The van der Waals surface area contributed by atoms with Crippen molar-refractivity contribution in [3.63, 3.8) is 0 Å². The first kappa shape index (κ1) is 16.1. The van der Waals surface area contributed by atoms with E-state index in [0.29, 0.717) is 18.1 Å². The number of carbonyl (C=O) groups excluding carboxylic acids is 1. The number of carbonyl (C=O) groups is 1. The number of para-hydroxylation sites is 1. The monoisotopic (exact) mass is 298 g/mol. The molecule has 0 spiro atoms. The predicted octanol–water partition coefficient (Wildman–Crippen LogP) is 4.70. The van der Waals surface area contributed by atoms with E-state index in [9.17, 15) is 4.79 Å². The highest BCUT2D eigenvalue weighted by atomic mass is 16.5. The van der Waals surface area contributed by atoms with Crippen LogP contribution in [0.15, 0.2) is 48.5 Å². The number of hydrogen-bond donors (Lipinski definition) is 0. The van der Waals surface area contributed by atoms with E-state index in [4.69, 9.17) is 9.47 Å². The fraction of sp³-hybridized carbons (Fsp3) is 0.316. The first-order chi connectivity index (χ1) is 10.6. The van der Waals surface area contributed by atoms with Crippen LogP contribution in [-0.2, 0) is 11.4 Å². The van der Waals surface area contributed by atoms with Crippen LogP contribution < -0.4 is 9.47 Å². The number of benzene rings is 2. The third kappa shape index (κ3) is 4.35. The minimum Gasteiger partial charge on any atom is -0.488 e. The Hall–Kier alpha value is -2.29. The van der Waals surface area contributed by atoms with Gasteiger partial charge in [0.25, 0.3) is 0 Å². The molecule has 0 bridgehead atoms. The van der Waals surface area contributed by atoms with Crippen LogP contribution in [0, 0.1) is 0 Å². The maximum Gasteiger partial charge on any atom is 0.310 e. The summed E-state index contributed by atoms with van der Waals surface area (Å²) in [5.41, 5.74) is 2.58. The van der Waals surface area contributed by atoms with Crippen molar-refractivity contribution in [1.29, 1.82) is 0 Å². The molecule has 0 saturated carbocycles. The second-order valence-electron chi connectivity index (χ2n) is 5.45. The SMILES string of the molecule is CCC(=O)Oc1ccc(C(C)C)cc1.c1ccc2c(c1)CO2. The Morgan fingerprint density at radius 1 is 1.14 bits per heavy atom.